The smallest absolute Gasteiger partial charge is 0.261 e. The molecule has 3 aromatic rings. The Bertz CT molecular complexity index is 1220. The Morgan fingerprint density at radius 1 is 1.00 bits per heavy atom. The number of phenols is 1. The van der Waals surface area contributed by atoms with Crippen molar-refractivity contribution >= 4 is 38.9 Å². The SMILES string of the molecule is O=C(CCc1c(F)cccc1F)Nc1cc(S(=O)(=O)Nc2cccc(Cl)c2)ccc1O. The highest BCUT2D eigenvalue weighted by molar-refractivity contribution is 7.92. The Labute approximate surface area is 182 Å². The van der Waals surface area contributed by atoms with Crippen molar-refractivity contribution in [3.05, 3.63) is 82.9 Å². The summed E-state index contributed by atoms with van der Waals surface area (Å²) in [6.45, 7) is 0. The summed E-state index contributed by atoms with van der Waals surface area (Å²) in [5, 5.41) is 12.7. The molecule has 0 fully saturated rings. The molecule has 162 valence electrons. The number of rotatable bonds is 7. The quantitative estimate of drug-likeness (QED) is 0.440. The lowest BCUT2D eigenvalue weighted by Crippen LogP contribution is -2.16. The van der Waals surface area contributed by atoms with Gasteiger partial charge in [-0.3, -0.25) is 9.52 Å². The van der Waals surface area contributed by atoms with E-state index in [0.717, 1.165) is 30.3 Å². The third-order valence-electron chi connectivity index (χ3n) is 4.29. The van der Waals surface area contributed by atoms with Gasteiger partial charge in [-0.05, 0) is 55.0 Å². The summed E-state index contributed by atoms with van der Waals surface area (Å²) in [6.07, 6.45) is -0.492. The average molecular weight is 467 g/mol. The maximum atomic E-state index is 13.7. The van der Waals surface area contributed by atoms with Crippen LogP contribution in [0.3, 0.4) is 0 Å². The summed E-state index contributed by atoms with van der Waals surface area (Å²) in [7, 11) is -4.04. The van der Waals surface area contributed by atoms with E-state index >= 15 is 0 Å². The number of halogens is 3. The number of sulfonamides is 1. The minimum atomic E-state index is -4.04. The third-order valence-corrected chi connectivity index (χ3v) is 5.91. The number of benzene rings is 3. The van der Waals surface area contributed by atoms with E-state index in [0.29, 0.717) is 5.02 Å². The molecule has 10 heteroatoms. The van der Waals surface area contributed by atoms with Crippen molar-refractivity contribution in [1.82, 2.24) is 0 Å². The number of nitrogens with one attached hydrogen (secondary N) is 2. The van der Waals surface area contributed by atoms with Gasteiger partial charge in [-0.15, -0.1) is 0 Å². The molecule has 0 radical (unpaired) electrons. The lowest BCUT2D eigenvalue weighted by atomic mass is 10.1. The van der Waals surface area contributed by atoms with Gasteiger partial charge in [-0.1, -0.05) is 23.7 Å². The van der Waals surface area contributed by atoms with Gasteiger partial charge in [0, 0.05) is 17.0 Å². The molecule has 3 aromatic carbocycles. The second-order valence-corrected chi connectivity index (χ2v) is 8.66. The van der Waals surface area contributed by atoms with Crippen molar-refractivity contribution in [2.24, 2.45) is 0 Å². The Balaban J connectivity index is 1.74. The number of aromatic hydroxyl groups is 1. The van der Waals surface area contributed by atoms with Crippen molar-refractivity contribution in [2.75, 3.05) is 10.0 Å². The minimum Gasteiger partial charge on any atom is -0.506 e. The van der Waals surface area contributed by atoms with Crippen LogP contribution in [0.1, 0.15) is 12.0 Å². The normalized spacial score (nSPS) is 11.2. The van der Waals surface area contributed by atoms with Crippen LogP contribution in [0.5, 0.6) is 5.75 Å². The lowest BCUT2D eigenvalue weighted by molar-refractivity contribution is -0.116. The first-order chi connectivity index (χ1) is 14.7. The molecular weight excluding hydrogens is 450 g/mol. The van der Waals surface area contributed by atoms with Crippen molar-refractivity contribution in [2.45, 2.75) is 17.7 Å². The number of hydrogen-bond donors (Lipinski definition) is 3. The van der Waals surface area contributed by atoms with Gasteiger partial charge in [0.15, 0.2) is 0 Å². The molecule has 0 aliphatic rings. The van der Waals surface area contributed by atoms with E-state index in [1.807, 2.05) is 0 Å². The van der Waals surface area contributed by atoms with Crippen LogP contribution >= 0.6 is 11.6 Å². The second-order valence-electron chi connectivity index (χ2n) is 6.54. The molecule has 0 heterocycles. The molecule has 3 N–H and O–H groups in total. The number of carbonyl (C=O) groups is 1. The zero-order chi connectivity index (χ0) is 22.6. The fourth-order valence-electron chi connectivity index (χ4n) is 2.77. The van der Waals surface area contributed by atoms with E-state index < -0.39 is 27.6 Å². The third kappa shape index (κ3) is 5.71. The fourth-order valence-corrected chi connectivity index (χ4v) is 4.04. The number of hydrogen-bond acceptors (Lipinski definition) is 4. The van der Waals surface area contributed by atoms with Crippen LogP contribution in [-0.4, -0.2) is 19.4 Å². The predicted octanol–water partition coefficient (Wildman–Crippen LogP) is 4.70. The summed E-state index contributed by atoms with van der Waals surface area (Å²) in [4.78, 5) is 12.0. The van der Waals surface area contributed by atoms with Gasteiger partial charge in [-0.25, -0.2) is 17.2 Å². The number of amides is 1. The van der Waals surface area contributed by atoms with Crippen molar-refractivity contribution in [3.63, 3.8) is 0 Å². The van der Waals surface area contributed by atoms with Crippen LogP contribution < -0.4 is 10.0 Å². The topological polar surface area (TPSA) is 95.5 Å². The summed E-state index contributed by atoms with van der Waals surface area (Å²) in [6, 6.07) is 12.8. The zero-order valence-corrected chi connectivity index (χ0v) is 17.5. The largest absolute Gasteiger partial charge is 0.506 e. The molecular formula is C21H17ClF2N2O4S. The molecule has 1 amide bonds. The van der Waals surface area contributed by atoms with Gasteiger partial charge >= 0.3 is 0 Å². The zero-order valence-electron chi connectivity index (χ0n) is 15.9. The Morgan fingerprint density at radius 3 is 2.35 bits per heavy atom. The molecule has 0 saturated heterocycles. The fraction of sp³-hybridized carbons (Fsp3) is 0.0952. The van der Waals surface area contributed by atoms with Crippen LogP contribution in [0.2, 0.25) is 5.02 Å². The maximum absolute atomic E-state index is 13.7. The molecule has 0 aromatic heterocycles. The van der Waals surface area contributed by atoms with Gasteiger partial charge in [0.05, 0.1) is 16.3 Å². The molecule has 0 unspecified atom stereocenters. The second kappa shape index (κ2) is 9.32. The van der Waals surface area contributed by atoms with Crippen molar-refractivity contribution in [3.8, 4) is 5.75 Å². The molecule has 0 bridgehead atoms. The van der Waals surface area contributed by atoms with Crippen LogP contribution in [0, 0.1) is 11.6 Å². The van der Waals surface area contributed by atoms with E-state index in [1.54, 1.807) is 12.1 Å². The first-order valence-corrected chi connectivity index (χ1v) is 10.9. The highest BCUT2D eigenvalue weighted by Gasteiger charge is 2.18. The number of phenolic OH excluding ortho intramolecular Hbond substituents is 1. The van der Waals surface area contributed by atoms with E-state index in [1.165, 1.54) is 18.2 Å². The Hall–Kier alpha value is -3.17. The molecule has 3 rings (SSSR count). The maximum Gasteiger partial charge on any atom is 0.261 e. The summed E-state index contributed by atoms with van der Waals surface area (Å²) < 4.78 is 54.9. The molecule has 0 atom stereocenters. The highest BCUT2D eigenvalue weighted by Crippen LogP contribution is 2.28. The van der Waals surface area contributed by atoms with Gasteiger partial charge in [0.1, 0.15) is 17.4 Å². The van der Waals surface area contributed by atoms with Gasteiger partial charge < -0.3 is 10.4 Å². The highest BCUT2D eigenvalue weighted by atomic mass is 35.5. The van der Waals surface area contributed by atoms with Gasteiger partial charge in [0.2, 0.25) is 5.91 Å². The van der Waals surface area contributed by atoms with Crippen LogP contribution in [0.25, 0.3) is 0 Å². The predicted molar refractivity (Wildman–Crippen MR) is 114 cm³/mol. The Kier molecular flexibility index (Phi) is 6.77. The van der Waals surface area contributed by atoms with Gasteiger partial charge in [0.25, 0.3) is 10.0 Å². The molecule has 31 heavy (non-hydrogen) atoms. The molecule has 0 aliphatic heterocycles. The first-order valence-electron chi connectivity index (χ1n) is 9.00. The summed E-state index contributed by atoms with van der Waals surface area (Å²) in [5.41, 5.74) is -0.157. The standard InChI is InChI=1S/C21H17ClF2N2O4S/c22-13-3-1-4-14(11-13)26-31(29,30)15-7-9-20(27)19(12-15)25-21(28)10-8-16-17(23)5-2-6-18(16)24/h1-7,9,11-12,26-27H,8,10H2,(H,25,28). The van der Waals surface area contributed by atoms with E-state index in [9.17, 15) is 27.1 Å². The van der Waals surface area contributed by atoms with E-state index in [4.69, 9.17) is 11.6 Å². The van der Waals surface area contributed by atoms with Crippen molar-refractivity contribution < 1.29 is 27.1 Å². The first kappa shape index (κ1) is 22.5. The van der Waals surface area contributed by atoms with E-state index in [2.05, 4.69) is 10.0 Å². The molecule has 6 nitrogen and oxygen atoms in total. The molecule has 0 spiro atoms. The minimum absolute atomic E-state index is 0.159. The monoisotopic (exact) mass is 466 g/mol. The summed E-state index contributed by atoms with van der Waals surface area (Å²) in [5.74, 6) is -2.56. The average Bonchev–Trinajstić information content (AvgIpc) is 2.69. The van der Waals surface area contributed by atoms with Gasteiger partial charge in [-0.2, -0.15) is 0 Å². The van der Waals surface area contributed by atoms with E-state index in [-0.39, 0.29) is 40.4 Å². The van der Waals surface area contributed by atoms with Crippen LogP contribution in [0.4, 0.5) is 20.2 Å². The van der Waals surface area contributed by atoms with Crippen LogP contribution in [-0.2, 0) is 21.2 Å². The number of anilines is 2. The van der Waals surface area contributed by atoms with Crippen molar-refractivity contribution in [1.29, 1.82) is 0 Å². The number of carbonyl (C=O) groups excluding carboxylic acids is 1. The Morgan fingerprint density at radius 2 is 1.68 bits per heavy atom. The van der Waals surface area contributed by atoms with Crippen LogP contribution in [0.15, 0.2) is 65.6 Å². The molecule has 0 saturated carbocycles. The lowest BCUT2D eigenvalue weighted by Gasteiger charge is -2.12. The summed E-state index contributed by atoms with van der Waals surface area (Å²) >= 11 is 5.85. The molecule has 0 aliphatic carbocycles.